The molecule has 2 aromatic carbocycles. The maximum absolute atomic E-state index is 13.1. The van der Waals surface area contributed by atoms with E-state index in [-0.39, 0.29) is 30.6 Å². The molecule has 0 heterocycles. The summed E-state index contributed by atoms with van der Waals surface area (Å²) in [5, 5.41) is 0. The highest BCUT2D eigenvalue weighted by molar-refractivity contribution is 6.22. The molecule has 0 atom stereocenters. The second-order valence-electron chi connectivity index (χ2n) is 8.88. The van der Waals surface area contributed by atoms with Crippen molar-refractivity contribution < 1.29 is 23.9 Å². The fourth-order valence-electron chi connectivity index (χ4n) is 4.49. The van der Waals surface area contributed by atoms with E-state index in [9.17, 15) is 14.4 Å². The molecule has 0 radical (unpaired) electrons. The van der Waals surface area contributed by atoms with Crippen LogP contribution >= 0.6 is 24.8 Å². The van der Waals surface area contributed by atoms with Gasteiger partial charge in [-0.3, -0.25) is 4.79 Å². The zero-order valence-corrected chi connectivity index (χ0v) is 24.4. The molecule has 9 heteroatoms. The molecule has 0 amide bonds. The smallest absolute Gasteiger partial charge is 0.338 e. The number of carbonyl (C=O) groups excluding carboxylic acids is 3. The minimum absolute atomic E-state index is 0. The molecule has 210 valence electrons. The van der Waals surface area contributed by atoms with Gasteiger partial charge in [0.1, 0.15) is 0 Å². The summed E-state index contributed by atoms with van der Waals surface area (Å²) in [6, 6.07) is 10.1. The van der Waals surface area contributed by atoms with Crippen LogP contribution in [0.2, 0.25) is 0 Å². The lowest BCUT2D eigenvalue weighted by Crippen LogP contribution is -2.25. The van der Waals surface area contributed by atoms with Crippen molar-refractivity contribution in [2.45, 2.75) is 40.5 Å². The number of halogens is 2. The molecule has 38 heavy (non-hydrogen) atoms. The first-order chi connectivity index (χ1) is 17.4. The SMILES string of the molecule is CCN(CC)CCCOC(=O)c1ccc2c(c1)C(=O)c1cc(C(=O)OCCCN(CC)CC)ccc1-2.Cl.Cl. The number of esters is 2. The van der Waals surface area contributed by atoms with Crippen molar-refractivity contribution >= 4 is 42.5 Å². The Kier molecular flexibility index (Phi) is 14.6. The molecular weight excluding hydrogens is 527 g/mol. The Morgan fingerprint density at radius 3 is 1.34 bits per heavy atom. The first-order valence-electron chi connectivity index (χ1n) is 13.0. The van der Waals surface area contributed by atoms with Crippen molar-refractivity contribution in [1.82, 2.24) is 9.80 Å². The molecule has 0 saturated heterocycles. The molecule has 0 spiro atoms. The van der Waals surface area contributed by atoms with Crippen molar-refractivity contribution in [3.63, 3.8) is 0 Å². The van der Waals surface area contributed by atoms with Gasteiger partial charge in [0, 0.05) is 24.2 Å². The second-order valence-corrected chi connectivity index (χ2v) is 8.88. The molecule has 0 aliphatic heterocycles. The van der Waals surface area contributed by atoms with Crippen LogP contribution in [0.15, 0.2) is 36.4 Å². The van der Waals surface area contributed by atoms with Crippen LogP contribution in [0.25, 0.3) is 11.1 Å². The lowest BCUT2D eigenvalue weighted by molar-refractivity contribution is 0.0480. The van der Waals surface area contributed by atoms with E-state index in [1.54, 1.807) is 36.4 Å². The minimum Gasteiger partial charge on any atom is -0.462 e. The predicted molar refractivity (Wildman–Crippen MR) is 155 cm³/mol. The summed E-state index contributed by atoms with van der Waals surface area (Å²) in [6.45, 7) is 14.7. The summed E-state index contributed by atoms with van der Waals surface area (Å²) in [6.07, 6.45) is 1.52. The standard InChI is InChI=1S/C29H38N2O5.2ClH/c1-5-30(6-2)15-9-17-35-28(33)21-11-13-23-24-14-12-22(20-26(24)27(32)25(23)19-21)29(34)36-18-10-16-31(7-3)8-4;;/h11-14,19-20H,5-10,15-18H2,1-4H3;2*1H. The number of hydrogen-bond donors (Lipinski definition) is 0. The third kappa shape index (κ3) is 8.27. The van der Waals surface area contributed by atoms with Crippen LogP contribution in [-0.2, 0) is 9.47 Å². The topological polar surface area (TPSA) is 76.1 Å². The Balaban J connectivity index is 0.00000361. The summed E-state index contributed by atoms with van der Waals surface area (Å²) in [5.41, 5.74) is 3.12. The van der Waals surface area contributed by atoms with E-state index in [2.05, 4.69) is 37.5 Å². The molecule has 7 nitrogen and oxygen atoms in total. The number of rotatable bonds is 14. The maximum Gasteiger partial charge on any atom is 0.338 e. The summed E-state index contributed by atoms with van der Waals surface area (Å²) in [4.78, 5) is 42.8. The second kappa shape index (κ2) is 16.5. The predicted octanol–water partition coefficient (Wildman–Crippen LogP) is 5.52. The van der Waals surface area contributed by atoms with Crippen LogP contribution in [0.1, 0.15) is 77.2 Å². The van der Waals surface area contributed by atoms with Gasteiger partial charge in [-0.15, -0.1) is 24.8 Å². The average Bonchev–Trinajstić information content (AvgIpc) is 3.19. The molecule has 0 bridgehead atoms. The number of fused-ring (bicyclic) bond motifs is 3. The zero-order valence-electron chi connectivity index (χ0n) is 22.8. The van der Waals surface area contributed by atoms with Gasteiger partial charge in [-0.2, -0.15) is 0 Å². The van der Waals surface area contributed by atoms with Gasteiger partial charge < -0.3 is 19.3 Å². The molecule has 0 aromatic heterocycles. The lowest BCUT2D eigenvalue weighted by Gasteiger charge is -2.17. The number of ether oxygens (including phenoxy) is 2. The Labute approximate surface area is 238 Å². The van der Waals surface area contributed by atoms with Crippen molar-refractivity contribution in [2.24, 2.45) is 0 Å². The Morgan fingerprint density at radius 1 is 0.632 bits per heavy atom. The fourth-order valence-corrected chi connectivity index (χ4v) is 4.49. The summed E-state index contributed by atoms with van der Waals surface area (Å²) >= 11 is 0. The summed E-state index contributed by atoms with van der Waals surface area (Å²) in [7, 11) is 0. The van der Waals surface area contributed by atoms with E-state index in [4.69, 9.17) is 9.47 Å². The number of benzene rings is 2. The Hall–Kier alpha value is -2.45. The van der Waals surface area contributed by atoms with Gasteiger partial charge in [-0.05, 0) is 74.4 Å². The van der Waals surface area contributed by atoms with Gasteiger partial charge in [-0.1, -0.05) is 39.8 Å². The monoisotopic (exact) mass is 566 g/mol. The van der Waals surface area contributed by atoms with Crippen LogP contribution in [0, 0.1) is 0 Å². The number of hydrogen-bond acceptors (Lipinski definition) is 7. The van der Waals surface area contributed by atoms with Crippen molar-refractivity contribution in [1.29, 1.82) is 0 Å². The van der Waals surface area contributed by atoms with Crippen LogP contribution < -0.4 is 0 Å². The molecule has 0 fully saturated rings. The van der Waals surface area contributed by atoms with E-state index in [0.717, 1.165) is 63.2 Å². The molecule has 0 unspecified atom stereocenters. The Bertz CT molecular complexity index is 1000. The molecule has 0 saturated carbocycles. The first kappa shape index (κ1) is 33.6. The molecular formula is C29H40Cl2N2O5. The highest BCUT2D eigenvalue weighted by atomic mass is 35.5. The van der Waals surface area contributed by atoms with Crippen LogP contribution in [0.5, 0.6) is 0 Å². The number of nitrogens with zero attached hydrogens (tertiary/aromatic N) is 2. The fraction of sp³-hybridized carbons (Fsp3) is 0.483. The van der Waals surface area contributed by atoms with E-state index in [1.807, 2.05) is 0 Å². The minimum atomic E-state index is -0.435. The molecule has 2 aromatic rings. The molecule has 1 aliphatic carbocycles. The van der Waals surface area contributed by atoms with Crippen molar-refractivity contribution in [2.75, 3.05) is 52.5 Å². The van der Waals surface area contributed by atoms with Gasteiger partial charge in [0.15, 0.2) is 5.78 Å². The van der Waals surface area contributed by atoms with E-state index >= 15 is 0 Å². The lowest BCUT2D eigenvalue weighted by atomic mass is 10.0. The van der Waals surface area contributed by atoms with E-state index in [0.29, 0.717) is 35.5 Å². The highest BCUT2D eigenvalue weighted by Gasteiger charge is 2.29. The maximum atomic E-state index is 13.1. The highest BCUT2D eigenvalue weighted by Crippen LogP contribution is 2.37. The first-order valence-corrected chi connectivity index (χ1v) is 13.0. The van der Waals surface area contributed by atoms with Crippen LogP contribution in [0.4, 0.5) is 0 Å². The van der Waals surface area contributed by atoms with Crippen LogP contribution in [0.3, 0.4) is 0 Å². The van der Waals surface area contributed by atoms with Gasteiger partial charge in [0.05, 0.1) is 24.3 Å². The van der Waals surface area contributed by atoms with E-state index < -0.39 is 11.9 Å². The number of ketones is 1. The van der Waals surface area contributed by atoms with Gasteiger partial charge in [0.25, 0.3) is 0 Å². The summed E-state index contributed by atoms with van der Waals surface area (Å²) in [5.74, 6) is -1.07. The van der Waals surface area contributed by atoms with Crippen LogP contribution in [-0.4, -0.2) is 80.0 Å². The normalized spacial score (nSPS) is 11.5. The van der Waals surface area contributed by atoms with Gasteiger partial charge in [0.2, 0.25) is 0 Å². The van der Waals surface area contributed by atoms with Gasteiger partial charge >= 0.3 is 11.9 Å². The third-order valence-corrected chi connectivity index (χ3v) is 6.78. The summed E-state index contributed by atoms with van der Waals surface area (Å²) < 4.78 is 10.8. The average molecular weight is 568 g/mol. The van der Waals surface area contributed by atoms with Gasteiger partial charge in [-0.25, -0.2) is 9.59 Å². The van der Waals surface area contributed by atoms with Crippen molar-refractivity contribution in [3.05, 3.63) is 58.7 Å². The molecule has 3 rings (SSSR count). The van der Waals surface area contributed by atoms with E-state index in [1.165, 1.54) is 0 Å². The largest absolute Gasteiger partial charge is 0.462 e. The third-order valence-electron chi connectivity index (χ3n) is 6.78. The quantitative estimate of drug-likeness (QED) is 0.188. The van der Waals surface area contributed by atoms with Crippen molar-refractivity contribution in [3.8, 4) is 11.1 Å². The molecule has 0 N–H and O–H groups in total. The molecule has 1 aliphatic rings. The zero-order chi connectivity index (χ0) is 26.1. The number of carbonyl (C=O) groups is 3. The Morgan fingerprint density at radius 2 is 1.00 bits per heavy atom.